The largest absolute Gasteiger partial charge is 0.459 e. The molecule has 4 aromatic rings. The molecule has 0 saturated heterocycles. The fraction of sp³-hybridized carbons (Fsp3) is 0.136. The first-order chi connectivity index (χ1) is 14.7. The highest BCUT2D eigenvalue weighted by atomic mass is 19.1. The number of nitrogens with zero attached hydrogens (tertiary/aromatic N) is 3. The van der Waals surface area contributed by atoms with Crippen molar-refractivity contribution >= 4 is 17.8 Å². The number of furan rings is 1. The van der Waals surface area contributed by atoms with E-state index in [-0.39, 0.29) is 29.6 Å². The second-order valence-corrected chi connectivity index (χ2v) is 7.05. The van der Waals surface area contributed by atoms with Crippen LogP contribution >= 0.6 is 0 Å². The smallest absolute Gasteiger partial charge is 0.293 e. The summed E-state index contributed by atoms with van der Waals surface area (Å²) in [6.07, 6.45) is 2.12. The molecule has 2 aromatic carbocycles. The Morgan fingerprint density at radius 1 is 1.07 bits per heavy atom. The van der Waals surface area contributed by atoms with Gasteiger partial charge < -0.3 is 9.73 Å². The third-order valence-electron chi connectivity index (χ3n) is 5.12. The molecule has 5 rings (SSSR count). The standard InChI is InChI=1S/C22H18FN5O2/c23-16-10-8-15(9-11-16)18-13-17(14-5-2-1-3-6-14)24-22-26-21(27-28(18)22)25-20(29)19-7-4-12-30-19/h1-12,17-18H,13H2,(H2,24,25,26,27,29)/t17-,18-/m1/s1. The quantitative estimate of drug-likeness (QED) is 0.527. The molecule has 1 aliphatic rings. The Morgan fingerprint density at radius 2 is 1.87 bits per heavy atom. The van der Waals surface area contributed by atoms with Crippen molar-refractivity contribution in [2.24, 2.45) is 0 Å². The second-order valence-electron chi connectivity index (χ2n) is 7.05. The zero-order chi connectivity index (χ0) is 20.5. The number of carbonyl (C=O) groups is 1. The highest BCUT2D eigenvalue weighted by Gasteiger charge is 2.31. The number of aromatic nitrogens is 3. The van der Waals surface area contributed by atoms with Gasteiger partial charge >= 0.3 is 0 Å². The van der Waals surface area contributed by atoms with Gasteiger partial charge in [-0.2, -0.15) is 4.98 Å². The molecule has 8 heteroatoms. The van der Waals surface area contributed by atoms with Gasteiger partial charge in [-0.15, -0.1) is 5.10 Å². The van der Waals surface area contributed by atoms with Gasteiger partial charge in [0.05, 0.1) is 18.3 Å². The molecule has 2 aromatic heterocycles. The minimum Gasteiger partial charge on any atom is -0.459 e. The van der Waals surface area contributed by atoms with Crippen LogP contribution in [-0.2, 0) is 0 Å². The van der Waals surface area contributed by atoms with E-state index in [9.17, 15) is 9.18 Å². The predicted molar refractivity (Wildman–Crippen MR) is 109 cm³/mol. The Labute approximate surface area is 171 Å². The fourth-order valence-electron chi connectivity index (χ4n) is 3.67. The van der Waals surface area contributed by atoms with E-state index in [4.69, 9.17) is 4.42 Å². The summed E-state index contributed by atoms with van der Waals surface area (Å²) in [7, 11) is 0. The van der Waals surface area contributed by atoms with Gasteiger partial charge in [0, 0.05) is 0 Å². The molecule has 150 valence electrons. The molecule has 2 N–H and O–H groups in total. The maximum Gasteiger partial charge on any atom is 0.293 e. The number of rotatable bonds is 4. The molecule has 0 unspecified atom stereocenters. The first-order valence-electron chi connectivity index (χ1n) is 9.56. The molecule has 1 aliphatic heterocycles. The molecule has 7 nitrogen and oxygen atoms in total. The summed E-state index contributed by atoms with van der Waals surface area (Å²) in [5, 5.41) is 10.5. The molecule has 2 atom stereocenters. The van der Waals surface area contributed by atoms with E-state index in [2.05, 4.69) is 20.7 Å². The van der Waals surface area contributed by atoms with Crippen LogP contribution in [0.3, 0.4) is 0 Å². The molecule has 1 amide bonds. The van der Waals surface area contributed by atoms with E-state index in [1.54, 1.807) is 28.9 Å². The average Bonchev–Trinajstić information content (AvgIpc) is 3.44. The number of nitrogens with one attached hydrogen (secondary N) is 2. The van der Waals surface area contributed by atoms with Crippen LogP contribution < -0.4 is 10.6 Å². The number of amides is 1. The molecule has 0 saturated carbocycles. The van der Waals surface area contributed by atoms with Crippen molar-refractivity contribution in [3.05, 3.63) is 95.7 Å². The minimum atomic E-state index is -0.430. The monoisotopic (exact) mass is 403 g/mol. The molecule has 0 fully saturated rings. The molecule has 30 heavy (non-hydrogen) atoms. The first kappa shape index (κ1) is 18.1. The Bertz CT molecular complexity index is 1160. The zero-order valence-electron chi connectivity index (χ0n) is 15.8. The number of hydrogen-bond donors (Lipinski definition) is 2. The van der Waals surface area contributed by atoms with E-state index >= 15 is 0 Å². The molecule has 0 aliphatic carbocycles. The molecule has 0 spiro atoms. The minimum absolute atomic E-state index is 0.00780. The number of carbonyl (C=O) groups excluding carboxylic acids is 1. The van der Waals surface area contributed by atoms with Crippen LogP contribution in [0.15, 0.2) is 77.4 Å². The average molecular weight is 403 g/mol. The van der Waals surface area contributed by atoms with Crippen molar-refractivity contribution in [2.45, 2.75) is 18.5 Å². The topological polar surface area (TPSA) is 85.0 Å². The summed E-state index contributed by atoms with van der Waals surface area (Å²) >= 11 is 0. The van der Waals surface area contributed by atoms with Crippen molar-refractivity contribution in [3.63, 3.8) is 0 Å². The van der Waals surface area contributed by atoms with Crippen LogP contribution in [0.1, 0.15) is 40.2 Å². The van der Waals surface area contributed by atoms with Gasteiger partial charge in [-0.25, -0.2) is 9.07 Å². The Morgan fingerprint density at radius 3 is 2.60 bits per heavy atom. The van der Waals surface area contributed by atoms with Crippen LogP contribution in [-0.4, -0.2) is 20.7 Å². The van der Waals surface area contributed by atoms with Crippen LogP contribution in [0.2, 0.25) is 0 Å². The predicted octanol–water partition coefficient (Wildman–Crippen LogP) is 4.41. The molecule has 0 bridgehead atoms. The van der Waals surface area contributed by atoms with Gasteiger partial charge in [0.25, 0.3) is 11.9 Å². The summed E-state index contributed by atoms with van der Waals surface area (Å²) in [4.78, 5) is 16.8. The zero-order valence-corrected chi connectivity index (χ0v) is 15.8. The second kappa shape index (κ2) is 7.47. The lowest BCUT2D eigenvalue weighted by Gasteiger charge is -2.31. The lowest BCUT2D eigenvalue weighted by Crippen LogP contribution is -2.28. The van der Waals surface area contributed by atoms with Crippen molar-refractivity contribution in [2.75, 3.05) is 10.6 Å². The summed E-state index contributed by atoms with van der Waals surface area (Å²) < 4.78 is 20.3. The number of fused-ring (bicyclic) bond motifs is 1. The summed E-state index contributed by atoms with van der Waals surface area (Å²) in [6.45, 7) is 0. The highest BCUT2D eigenvalue weighted by molar-refractivity contribution is 6.01. The Hall–Kier alpha value is -3.94. The van der Waals surface area contributed by atoms with Gasteiger partial charge in [0.2, 0.25) is 5.95 Å². The van der Waals surface area contributed by atoms with E-state index in [1.165, 1.54) is 18.4 Å². The van der Waals surface area contributed by atoms with Crippen molar-refractivity contribution < 1.29 is 13.6 Å². The normalized spacial score (nSPS) is 17.8. The van der Waals surface area contributed by atoms with Gasteiger partial charge in [0.15, 0.2) is 5.76 Å². The number of hydrogen-bond acceptors (Lipinski definition) is 5. The van der Waals surface area contributed by atoms with Crippen molar-refractivity contribution in [1.82, 2.24) is 14.8 Å². The summed E-state index contributed by atoms with van der Waals surface area (Å²) in [5.74, 6) is 0.144. The number of benzene rings is 2. The molecule has 3 heterocycles. The molecular weight excluding hydrogens is 385 g/mol. The fourth-order valence-corrected chi connectivity index (χ4v) is 3.67. The van der Waals surface area contributed by atoms with E-state index in [0.29, 0.717) is 12.4 Å². The van der Waals surface area contributed by atoms with Gasteiger partial charge in [0.1, 0.15) is 5.82 Å². The van der Waals surface area contributed by atoms with Crippen LogP contribution in [0.4, 0.5) is 16.3 Å². The van der Waals surface area contributed by atoms with E-state index in [0.717, 1.165) is 11.1 Å². The summed E-state index contributed by atoms with van der Waals surface area (Å²) in [5.41, 5.74) is 2.02. The van der Waals surface area contributed by atoms with Gasteiger partial charge in [-0.05, 0) is 41.8 Å². The SMILES string of the molecule is O=C(Nc1nc2n(n1)[C@@H](c1ccc(F)cc1)C[C@H](c1ccccc1)N2)c1ccco1. The maximum absolute atomic E-state index is 13.5. The third kappa shape index (κ3) is 3.43. The van der Waals surface area contributed by atoms with Gasteiger partial charge in [-0.3, -0.25) is 10.1 Å². The Balaban J connectivity index is 1.50. The van der Waals surface area contributed by atoms with E-state index < -0.39 is 5.91 Å². The maximum atomic E-state index is 13.5. The number of anilines is 2. The molecule has 0 radical (unpaired) electrons. The van der Waals surface area contributed by atoms with E-state index in [1.807, 2.05) is 30.3 Å². The van der Waals surface area contributed by atoms with Crippen LogP contribution in [0.25, 0.3) is 0 Å². The van der Waals surface area contributed by atoms with Crippen LogP contribution in [0, 0.1) is 5.82 Å². The first-order valence-corrected chi connectivity index (χ1v) is 9.56. The Kier molecular flexibility index (Phi) is 4.51. The van der Waals surface area contributed by atoms with Crippen molar-refractivity contribution in [3.8, 4) is 0 Å². The third-order valence-corrected chi connectivity index (χ3v) is 5.12. The van der Waals surface area contributed by atoms with Crippen LogP contribution in [0.5, 0.6) is 0 Å². The highest BCUT2D eigenvalue weighted by Crippen LogP contribution is 2.38. The summed E-state index contributed by atoms with van der Waals surface area (Å²) in [6, 6.07) is 19.4. The number of halogens is 1. The lowest BCUT2D eigenvalue weighted by atomic mass is 9.93. The lowest BCUT2D eigenvalue weighted by molar-refractivity contribution is 0.0995. The molecular formula is C22H18FN5O2. The van der Waals surface area contributed by atoms with Crippen molar-refractivity contribution in [1.29, 1.82) is 0 Å². The van der Waals surface area contributed by atoms with Gasteiger partial charge in [-0.1, -0.05) is 42.5 Å².